The van der Waals surface area contributed by atoms with E-state index in [4.69, 9.17) is 0 Å². The largest absolute Gasteiger partial charge is 0.337 e. The molecular weight excluding hydrogens is 200 g/mol. The normalized spacial score (nSPS) is 16.6. The first-order chi connectivity index (χ1) is 7.59. The van der Waals surface area contributed by atoms with E-state index in [1.165, 1.54) is 5.57 Å². The molecule has 0 saturated heterocycles. The lowest BCUT2D eigenvalue weighted by Crippen LogP contribution is -2.44. The third-order valence-electron chi connectivity index (χ3n) is 3.55. The van der Waals surface area contributed by atoms with E-state index in [0.717, 1.165) is 13.0 Å². The number of nitriles is 1. The minimum Gasteiger partial charge on any atom is -0.337 e. The monoisotopic (exact) mass is 220 g/mol. The number of nitrogens with zero attached hydrogens (tertiary/aromatic N) is 2. The molecule has 0 fully saturated rings. The Morgan fingerprint density at radius 3 is 2.56 bits per heavy atom. The lowest BCUT2D eigenvalue weighted by Gasteiger charge is -2.32. The third-order valence-corrected chi connectivity index (χ3v) is 3.55. The highest BCUT2D eigenvalue weighted by atomic mass is 16.2. The van der Waals surface area contributed by atoms with Crippen LogP contribution < -0.4 is 0 Å². The van der Waals surface area contributed by atoms with Gasteiger partial charge in [0.1, 0.15) is 5.41 Å². The predicted octanol–water partition coefficient (Wildman–Crippen LogP) is 2.49. The molecule has 0 radical (unpaired) electrons. The predicted molar refractivity (Wildman–Crippen MR) is 63.6 cm³/mol. The Kier molecular flexibility index (Phi) is 4.12. The van der Waals surface area contributed by atoms with Crippen molar-refractivity contribution in [1.82, 2.24) is 4.90 Å². The molecule has 0 aromatic heterocycles. The topological polar surface area (TPSA) is 44.1 Å². The molecule has 0 bridgehead atoms. The Hall–Kier alpha value is -1.30. The summed E-state index contributed by atoms with van der Waals surface area (Å²) >= 11 is 0. The van der Waals surface area contributed by atoms with Crippen LogP contribution in [0.4, 0.5) is 0 Å². The van der Waals surface area contributed by atoms with Crippen molar-refractivity contribution in [2.45, 2.75) is 40.0 Å². The first-order valence-corrected chi connectivity index (χ1v) is 5.96. The molecule has 0 N–H and O–H groups in total. The van der Waals surface area contributed by atoms with Gasteiger partial charge in [-0.1, -0.05) is 25.5 Å². The van der Waals surface area contributed by atoms with E-state index in [1.54, 1.807) is 0 Å². The summed E-state index contributed by atoms with van der Waals surface area (Å²) in [5, 5.41) is 9.22. The minimum absolute atomic E-state index is 0.00347. The number of rotatable bonds is 3. The minimum atomic E-state index is -0.806. The highest BCUT2D eigenvalue weighted by molar-refractivity contribution is 5.85. The van der Waals surface area contributed by atoms with Gasteiger partial charge in [0.15, 0.2) is 0 Å². The summed E-state index contributed by atoms with van der Waals surface area (Å²) in [6.45, 7) is 7.32. The fourth-order valence-electron chi connectivity index (χ4n) is 2.02. The second-order valence-electron chi connectivity index (χ2n) is 4.45. The molecule has 3 nitrogen and oxygen atoms in total. The Balaban J connectivity index is 2.82. The van der Waals surface area contributed by atoms with E-state index in [2.05, 4.69) is 19.1 Å². The number of amides is 1. The molecule has 0 spiro atoms. The Morgan fingerprint density at radius 2 is 2.19 bits per heavy atom. The zero-order chi connectivity index (χ0) is 12.2. The average molecular weight is 220 g/mol. The van der Waals surface area contributed by atoms with Gasteiger partial charge in [0.05, 0.1) is 6.07 Å². The van der Waals surface area contributed by atoms with E-state index in [1.807, 2.05) is 18.7 Å². The summed E-state index contributed by atoms with van der Waals surface area (Å²) in [5.41, 5.74) is 0.527. The van der Waals surface area contributed by atoms with Gasteiger partial charge in [-0.3, -0.25) is 4.79 Å². The van der Waals surface area contributed by atoms with Gasteiger partial charge >= 0.3 is 0 Å². The van der Waals surface area contributed by atoms with Gasteiger partial charge in [-0.05, 0) is 26.2 Å². The van der Waals surface area contributed by atoms with Gasteiger partial charge in [0.2, 0.25) is 5.91 Å². The second kappa shape index (κ2) is 5.16. The van der Waals surface area contributed by atoms with E-state index < -0.39 is 5.41 Å². The van der Waals surface area contributed by atoms with E-state index in [9.17, 15) is 10.1 Å². The molecule has 16 heavy (non-hydrogen) atoms. The van der Waals surface area contributed by atoms with Crippen LogP contribution in [0.25, 0.3) is 0 Å². The standard InChI is InChI=1S/C13H20N2O/c1-4-13(5-2,10-14)12(16)15-8-6-11(3)7-9-15/h6H,4-5,7-9H2,1-3H3. The smallest absolute Gasteiger partial charge is 0.243 e. The molecule has 1 rings (SSSR count). The van der Waals surface area contributed by atoms with Crippen molar-refractivity contribution in [3.63, 3.8) is 0 Å². The highest BCUT2D eigenvalue weighted by Crippen LogP contribution is 2.29. The fourth-order valence-corrected chi connectivity index (χ4v) is 2.02. The number of carbonyl (C=O) groups is 1. The Morgan fingerprint density at radius 1 is 1.56 bits per heavy atom. The molecule has 0 saturated carbocycles. The fraction of sp³-hybridized carbons (Fsp3) is 0.692. The van der Waals surface area contributed by atoms with E-state index in [-0.39, 0.29) is 5.91 Å². The first-order valence-electron chi connectivity index (χ1n) is 5.96. The van der Waals surface area contributed by atoms with Crippen molar-refractivity contribution in [3.05, 3.63) is 11.6 Å². The zero-order valence-electron chi connectivity index (χ0n) is 10.4. The number of hydrogen-bond acceptors (Lipinski definition) is 2. The van der Waals surface area contributed by atoms with Crippen molar-refractivity contribution in [2.75, 3.05) is 13.1 Å². The molecule has 0 atom stereocenters. The highest BCUT2D eigenvalue weighted by Gasteiger charge is 2.38. The van der Waals surface area contributed by atoms with Crippen molar-refractivity contribution >= 4 is 5.91 Å². The second-order valence-corrected chi connectivity index (χ2v) is 4.45. The van der Waals surface area contributed by atoms with Gasteiger partial charge in [-0.25, -0.2) is 0 Å². The molecule has 3 heteroatoms. The molecule has 1 aliphatic rings. The van der Waals surface area contributed by atoms with Crippen LogP contribution in [0.5, 0.6) is 0 Å². The molecular formula is C13H20N2O. The third kappa shape index (κ3) is 2.27. The molecule has 0 aliphatic carbocycles. The van der Waals surface area contributed by atoms with Crippen LogP contribution in [0.15, 0.2) is 11.6 Å². The first kappa shape index (κ1) is 12.8. The molecule has 0 aromatic carbocycles. The van der Waals surface area contributed by atoms with Gasteiger partial charge in [0.25, 0.3) is 0 Å². The number of carbonyl (C=O) groups excluding carboxylic acids is 1. The molecule has 88 valence electrons. The van der Waals surface area contributed by atoms with Crippen LogP contribution in [-0.4, -0.2) is 23.9 Å². The summed E-state index contributed by atoms with van der Waals surface area (Å²) < 4.78 is 0. The van der Waals surface area contributed by atoms with Crippen LogP contribution >= 0.6 is 0 Å². The summed E-state index contributed by atoms with van der Waals surface area (Å²) in [6.07, 6.45) is 4.20. The van der Waals surface area contributed by atoms with Crippen molar-refractivity contribution < 1.29 is 4.79 Å². The van der Waals surface area contributed by atoms with E-state index >= 15 is 0 Å². The van der Waals surface area contributed by atoms with Crippen LogP contribution in [-0.2, 0) is 4.79 Å². The molecule has 1 heterocycles. The van der Waals surface area contributed by atoms with E-state index in [0.29, 0.717) is 19.4 Å². The van der Waals surface area contributed by atoms with Gasteiger partial charge in [0, 0.05) is 13.1 Å². The maximum Gasteiger partial charge on any atom is 0.243 e. The van der Waals surface area contributed by atoms with Crippen LogP contribution in [0.3, 0.4) is 0 Å². The maximum absolute atomic E-state index is 12.3. The number of hydrogen-bond donors (Lipinski definition) is 0. The molecule has 0 aromatic rings. The van der Waals surface area contributed by atoms with Gasteiger partial charge in [-0.15, -0.1) is 0 Å². The van der Waals surface area contributed by atoms with Crippen molar-refractivity contribution in [2.24, 2.45) is 5.41 Å². The van der Waals surface area contributed by atoms with Crippen molar-refractivity contribution in [3.8, 4) is 6.07 Å². The van der Waals surface area contributed by atoms with Gasteiger partial charge in [-0.2, -0.15) is 5.26 Å². The summed E-state index contributed by atoms with van der Waals surface area (Å²) in [4.78, 5) is 14.1. The summed E-state index contributed by atoms with van der Waals surface area (Å²) in [7, 11) is 0. The Bertz CT molecular complexity index is 334. The summed E-state index contributed by atoms with van der Waals surface area (Å²) in [6, 6.07) is 2.21. The quantitative estimate of drug-likeness (QED) is 0.686. The molecule has 1 amide bonds. The molecule has 0 unspecified atom stereocenters. The van der Waals surface area contributed by atoms with Crippen molar-refractivity contribution in [1.29, 1.82) is 5.26 Å². The molecule has 1 aliphatic heterocycles. The lowest BCUT2D eigenvalue weighted by molar-refractivity contribution is -0.139. The SMILES string of the molecule is CCC(C#N)(CC)C(=O)N1CC=C(C)CC1. The Labute approximate surface area is 97.7 Å². The van der Waals surface area contributed by atoms with Crippen LogP contribution in [0, 0.1) is 16.7 Å². The maximum atomic E-state index is 12.3. The van der Waals surface area contributed by atoms with Crippen LogP contribution in [0.1, 0.15) is 40.0 Å². The average Bonchev–Trinajstić information content (AvgIpc) is 2.33. The van der Waals surface area contributed by atoms with Crippen LogP contribution in [0.2, 0.25) is 0 Å². The zero-order valence-corrected chi connectivity index (χ0v) is 10.4. The lowest BCUT2D eigenvalue weighted by atomic mass is 9.82. The van der Waals surface area contributed by atoms with Gasteiger partial charge < -0.3 is 4.90 Å². The summed E-state index contributed by atoms with van der Waals surface area (Å²) in [5.74, 6) is 0.00347.